The second-order valence-corrected chi connectivity index (χ2v) is 11.7. The largest absolute Gasteiger partial charge is 0.484 e. The maximum Gasteiger partial charge on any atom is 0.262 e. The van der Waals surface area contributed by atoms with Gasteiger partial charge in [0.05, 0.1) is 5.56 Å². The fraction of sp³-hybridized carbons (Fsp3) is 0.556. The lowest BCUT2D eigenvalue weighted by Crippen LogP contribution is -2.27. The average Bonchev–Trinajstić information content (AvgIpc) is 3.15. The van der Waals surface area contributed by atoms with Crippen LogP contribution in [0.3, 0.4) is 0 Å². The molecule has 0 spiro atoms. The summed E-state index contributed by atoms with van der Waals surface area (Å²) >= 11 is 1.49. The minimum atomic E-state index is -0.476. The van der Waals surface area contributed by atoms with Crippen molar-refractivity contribution in [3.05, 3.63) is 45.8 Å². The van der Waals surface area contributed by atoms with Crippen LogP contribution in [0.15, 0.2) is 24.3 Å². The van der Waals surface area contributed by atoms with Crippen LogP contribution in [0.1, 0.15) is 91.6 Å². The standard InChI is InChI=1S/C27H36N2O3S/c1-27(2,3)19-11-14-21-22(15-19)33-26(24(21)25(28)31)29-23(30)16-32-20-12-9-18(10-13-20)17-7-5-4-6-8-17/h9-10,12-13,17,19H,4-8,11,14-16H2,1-3H3,(H2,28,31)(H,29,30)/t19-/m0/s1. The van der Waals surface area contributed by atoms with E-state index in [1.165, 1.54) is 53.9 Å². The molecular formula is C27H36N2O3S. The van der Waals surface area contributed by atoms with Gasteiger partial charge in [-0.05, 0) is 72.6 Å². The molecule has 1 atom stereocenters. The van der Waals surface area contributed by atoms with Gasteiger partial charge in [-0.1, -0.05) is 52.2 Å². The fourth-order valence-electron chi connectivity index (χ4n) is 5.26. The number of carbonyl (C=O) groups excluding carboxylic acids is 2. The summed E-state index contributed by atoms with van der Waals surface area (Å²) < 4.78 is 5.72. The second kappa shape index (κ2) is 9.88. The first-order valence-corrected chi connectivity index (χ1v) is 13.0. The average molecular weight is 469 g/mol. The summed E-state index contributed by atoms with van der Waals surface area (Å²) in [6.45, 7) is 6.67. The van der Waals surface area contributed by atoms with Crippen LogP contribution in [-0.2, 0) is 17.6 Å². The lowest BCUT2D eigenvalue weighted by atomic mass is 9.72. The number of anilines is 1. The molecule has 6 heteroatoms. The Hall–Kier alpha value is -2.34. The molecule has 33 heavy (non-hydrogen) atoms. The summed E-state index contributed by atoms with van der Waals surface area (Å²) in [6, 6.07) is 8.13. The molecule has 2 aliphatic carbocycles. The fourth-order valence-corrected chi connectivity index (χ4v) is 6.61. The Morgan fingerprint density at radius 3 is 2.42 bits per heavy atom. The molecule has 3 N–H and O–H groups in total. The number of hydrogen-bond donors (Lipinski definition) is 2. The van der Waals surface area contributed by atoms with Crippen LogP contribution in [0.5, 0.6) is 5.75 Å². The van der Waals surface area contributed by atoms with E-state index in [2.05, 4.69) is 38.2 Å². The molecule has 5 nitrogen and oxygen atoms in total. The highest BCUT2D eigenvalue weighted by molar-refractivity contribution is 7.17. The van der Waals surface area contributed by atoms with Crippen molar-refractivity contribution in [2.24, 2.45) is 17.1 Å². The highest BCUT2D eigenvalue weighted by Crippen LogP contribution is 2.44. The molecule has 0 unspecified atom stereocenters. The Labute approximate surface area is 201 Å². The first-order valence-electron chi connectivity index (χ1n) is 12.2. The predicted molar refractivity (Wildman–Crippen MR) is 134 cm³/mol. The molecule has 4 rings (SSSR count). The number of benzene rings is 1. The van der Waals surface area contributed by atoms with Crippen LogP contribution in [0, 0.1) is 11.3 Å². The Morgan fingerprint density at radius 2 is 1.79 bits per heavy atom. The Morgan fingerprint density at radius 1 is 1.09 bits per heavy atom. The summed E-state index contributed by atoms with van der Waals surface area (Å²) in [4.78, 5) is 26.0. The number of rotatable bonds is 6. The van der Waals surface area contributed by atoms with Crippen LogP contribution < -0.4 is 15.8 Å². The van der Waals surface area contributed by atoms with Gasteiger partial charge in [0.1, 0.15) is 10.8 Å². The van der Waals surface area contributed by atoms with E-state index in [1.807, 2.05) is 12.1 Å². The molecule has 0 radical (unpaired) electrons. The molecule has 1 saturated carbocycles. The molecule has 2 aliphatic rings. The van der Waals surface area contributed by atoms with E-state index in [9.17, 15) is 9.59 Å². The molecule has 1 aromatic carbocycles. The Bertz CT molecular complexity index is 998. The van der Waals surface area contributed by atoms with Gasteiger partial charge < -0.3 is 15.8 Å². The smallest absolute Gasteiger partial charge is 0.262 e. The zero-order valence-corrected chi connectivity index (χ0v) is 20.9. The SMILES string of the molecule is CC(C)(C)[C@H]1CCc2c(sc(NC(=O)COc3ccc(C4CCCCC4)cc3)c2C(N)=O)C1. The normalized spacial score (nSPS) is 19.1. The number of ether oxygens (including phenoxy) is 1. The monoisotopic (exact) mass is 468 g/mol. The van der Waals surface area contributed by atoms with Crippen molar-refractivity contribution in [1.29, 1.82) is 0 Å². The van der Waals surface area contributed by atoms with Gasteiger partial charge in [-0.3, -0.25) is 9.59 Å². The quantitative estimate of drug-likeness (QED) is 0.540. The zero-order valence-electron chi connectivity index (χ0n) is 20.0. The van der Waals surface area contributed by atoms with Crippen molar-refractivity contribution in [3.63, 3.8) is 0 Å². The molecular weight excluding hydrogens is 432 g/mol. The van der Waals surface area contributed by atoms with E-state index in [0.29, 0.717) is 28.1 Å². The van der Waals surface area contributed by atoms with Crippen LogP contribution in [0.4, 0.5) is 5.00 Å². The van der Waals surface area contributed by atoms with Gasteiger partial charge >= 0.3 is 0 Å². The lowest BCUT2D eigenvalue weighted by Gasteiger charge is -2.33. The van der Waals surface area contributed by atoms with Gasteiger partial charge in [-0.2, -0.15) is 0 Å². The highest BCUT2D eigenvalue weighted by Gasteiger charge is 2.33. The maximum absolute atomic E-state index is 12.6. The summed E-state index contributed by atoms with van der Waals surface area (Å²) in [6.07, 6.45) is 9.24. The summed E-state index contributed by atoms with van der Waals surface area (Å²) in [5, 5.41) is 3.45. The van der Waals surface area contributed by atoms with Crippen molar-refractivity contribution in [1.82, 2.24) is 0 Å². The molecule has 2 amide bonds. The molecule has 0 bridgehead atoms. The van der Waals surface area contributed by atoms with Crippen LogP contribution in [-0.4, -0.2) is 18.4 Å². The van der Waals surface area contributed by atoms with Gasteiger partial charge in [0.25, 0.3) is 11.8 Å². The molecule has 178 valence electrons. The van der Waals surface area contributed by atoms with Crippen molar-refractivity contribution >= 4 is 28.2 Å². The lowest BCUT2D eigenvalue weighted by molar-refractivity contribution is -0.118. The van der Waals surface area contributed by atoms with Crippen LogP contribution in [0.2, 0.25) is 0 Å². The number of hydrogen-bond acceptors (Lipinski definition) is 4. The molecule has 1 aromatic heterocycles. The summed E-state index contributed by atoms with van der Waals surface area (Å²) in [7, 11) is 0. The van der Waals surface area contributed by atoms with Crippen molar-refractivity contribution in [2.75, 3.05) is 11.9 Å². The maximum atomic E-state index is 12.6. The molecule has 0 aliphatic heterocycles. The third-order valence-electron chi connectivity index (χ3n) is 7.32. The van der Waals surface area contributed by atoms with Gasteiger partial charge in [0.15, 0.2) is 6.61 Å². The number of nitrogens with two attached hydrogens (primary N) is 1. The van der Waals surface area contributed by atoms with E-state index in [4.69, 9.17) is 10.5 Å². The number of thiophene rings is 1. The Kier molecular flexibility index (Phi) is 7.13. The molecule has 1 fully saturated rings. The molecule has 1 heterocycles. The Balaban J connectivity index is 1.38. The van der Waals surface area contributed by atoms with Gasteiger partial charge in [-0.25, -0.2) is 0 Å². The van der Waals surface area contributed by atoms with Gasteiger partial charge in [0, 0.05) is 4.88 Å². The van der Waals surface area contributed by atoms with Gasteiger partial charge in [-0.15, -0.1) is 11.3 Å². The first-order chi connectivity index (χ1) is 15.7. The van der Waals surface area contributed by atoms with E-state index in [0.717, 1.165) is 24.8 Å². The van der Waals surface area contributed by atoms with E-state index in [1.54, 1.807) is 0 Å². The molecule has 0 saturated heterocycles. The third-order valence-corrected chi connectivity index (χ3v) is 8.49. The summed E-state index contributed by atoms with van der Waals surface area (Å²) in [5.74, 6) is 1.12. The molecule has 2 aromatic rings. The minimum absolute atomic E-state index is 0.103. The first kappa shape index (κ1) is 23.8. The second-order valence-electron chi connectivity index (χ2n) is 10.6. The number of nitrogens with one attached hydrogen (secondary N) is 1. The van der Waals surface area contributed by atoms with Crippen LogP contribution in [0.25, 0.3) is 0 Å². The minimum Gasteiger partial charge on any atom is -0.484 e. The van der Waals surface area contributed by atoms with E-state index >= 15 is 0 Å². The van der Waals surface area contributed by atoms with E-state index in [-0.39, 0.29) is 17.9 Å². The van der Waals surface area contributed by atoms with Gasteiger partial charge in [0.2, 0.25) is 0 Å². The van der Waals surface area contributed by atoms with Crippen LogP contribution >= 0.6 is 11.3 Å². The predicted octanol–water partition coefficient (Wildman–Crippen LogP) is 6.06. The zero-order chi connectivity index (χ0) is 23.6. The van der Waals surface area contributed by atoms with Crippen molar-refractivity contribution in [3.8, 4) is 5.75 Å². The number of amides is 2. The van der Waals surface area contributed by atoms with E-state index < -0.39 is 5.91 Å². The summed E-state index contributed by atoms with van der Waals surface area (Å²) in [5.41, 5.74) is 8.76. The number of fused-ring (bicyclic) bond motifs is 1. The third kappa shape index (κ3) is 5.60. The number of carbonyl (C=O) groups is 2. The topological polar surface area (TPSA) is 81.4 Å². The van der Waals surface area contributed by atoms with Crippen molar-refractivity contribution < 1.29 is 14.3 Å². The van der Waals surface area contributed by atoms with Crippen molar-refractivity contribution in [2.45, 2.75) is 78.1 Å². The highest BCUT2D eigenvalue weighted by atomic mass is 32.1. The number of primary amides is 1.